The Morgan fingerprint density at radius 3 is 2.77 bits per heavy atom. The summed E-state index contributed by atoms with van der Waals surface area (Å²) in [6.07, 6.45) is 3.17. The van der Waals surface area contributed by atoms with E-state index in [2.05, 4.69) is 26.3 Å². The Hall–Kier alpha value is -1.70. The van der Waals surface area contributed by atoms with Gasteiger partial charge in [0.05, 0.1) is 31.6 Å². The van der Waals surface area contributed by atoms with Gasteiger partial charge in [0, 0.05) is 24.2 Å². The number of nitrogens with zero attached hydrogens (tertiary/aromatic N) is 3. The number of morpholine rings is 1. The Kier molecular flexibility index (Phi) is 4.87. The summed E-state index contributed by atoms with van der Waals surface area (Å²) in [5, 5.41) is 13.5. The second kappa shape index (κ2) is 7.04. The second-order valence-corrected chi connectivity index (χ2v) is 6.34. The standard InChI is InChI=1S/C15H20N4O2S/c1-11(20)15-18-10-13(22-15)9-17-14-3-2-12(8-16-14)19-4-6-21-7-5-19/h2-3,8,10-11,20H,4-7,9H2,1H3,(H,16,17). The highest BCUT2D eigenvalue weighted by Gasteiger charge is 2.11. The number of thiazole rings is 1. The summed E-state index contributed by atoms with van der Waals surface area (Å²) in [5.41, 5.74) is 1.13. The lowest BCUT2D eigenvalue weighted by Crippen LogP contribution is -2.36. The zero-order valence-corrected chi connectivity index (χ0v) is 13.3. The molecule has 1 saturated heterocycles. The van der Waals surface area contributed by atoms with E-state index < -0.39 is 6.10 Å². The van der Waals surface area contributed by atoms with Crippen LogP contribution in [0.2, 0.25) is 0 Å². The molecule has 0 aromatic carbocycles. The number of aliphatic hydroxyl groups excluding tert-OH is 1. The highest BCUT2D eigenvalue weighted by molar-refractivity contribution is 7.11. The Labute approximate surface area is 133 Å². The zero-order valence-electron chi connectivity index (χ0n) is 12.5. The molecule has 2 aromatic heterocycles. The largest absolute Gasteiger partial charge is 0.386 e. The van der Waals surface area contributed by atoms with Crippen LogP contribution in [0.15, 0.2) is 24.5 Å². The van der Waals surface area contributed by atoms with E-state index >= 15 is 0 Å². The molecular weight excluding hydrogens is 300 g/mol. The molecule has 3 heterocycles. The number of rotatable bonds is 5. The van der Waals surface area contributed by atoms with Crippen molar-refractivity contribution in [1.82, 2.24) is 9.97 Å². The molecule has 1 aliphatic heterocycles. The molecule has 0 bridgehead atoms. The average molecular weight is 320 g/mol. The van der Waals surface area contributed by atoms with Gasteiger partial charge >= 0.3 is 0 Å². The van der Waals surface area contributed by atoms with Crippen molar-refractivity contribution < 1.29 is 9.84 Å². The third-order valence-corrected chi connectivity index (χ3v) is 4.66. The van der Waals surface area contributed by atoms with Gasteiger partial charge in [-0.15, -0.1) is 11.3 Å². The number of ether oxygens (including phenoxy) is 1. The van der Waals surface area contributed by atoms with E-state index in [1.807, 2.05) is 12.3 Å². The van der Waals surface area contributed by atoms with Gasteiger partial charge < -0.3 is 20.1 Å². The molecule has 0 amide bonds. The summed E-state index contributed by atoms with van der Waals surface area (Å²) in [7, 11) is 0. The monoisotopic (exact) mass is 320 g/mol. The molecule has 0 aliphatic carbocycles. The van der Waals surface area contributed by atoms with Crippen LogP contribution in [-0.2, 0) is 11.3 Å². The molecule has 1 fully saturated rings. The van der Waals surface area contributed by atoms with E-state index in [0.717, 1.165) is 47.7 Å². The SMILES string of the molecule is CC(O)c1ncc(CNc2ccc(N3CCOCC3)cn2)s1. The van der Waals surface area contributed by atoms with Gasteiger partial charge in [0.25, 0.3) is 0 Å². The molecule has 0 radical (unpaired) electrons. The topological polar surface area (TPSA) is 70.5 Å². The van der Waals surface area contributed by atoms with Crippen LogP contribution in [0.4, 0.5) is 11.5 Å². The van der Waals surface area contributed by atoms with Crippen LogP contribution in [0.25, 0.3) is 0 Å². The number of aliphatic hydroxyl groups is 1. The maximum absolute atomic E-state index is 9.48. The molecule has 0 saturated carbocycles. The lowest BCUT2D eigenvalue weighted by Gasteiger charge is -2.28. The molecule has 3 rings (SSSR count). The van der Waals surface area contributed by atoms with Crippen molar-refractivity contribution in [2.45, 2.75) is 19.6 Å². The Morgan fingerprint density at radius 1 is 1.32 bits per heavy atom. The van der Waals surface area contributed by atoms with Crippen molar-refractivity contribution in [3.8, 4) is 0 Å². The Balaban J connectivity index is 1.56. The molecule has 1 atom stereocenters. The van der Waals surface area contributed by atoms with Gasteiger partial charge in [-0.2, -0.15) is 0 Å². The van der Waals surface area contributed by atoms with Crippen molar-refractivity contribution in [2.24, 2.45) is 0 Å². The third kappa shape index (κ3) is 3.73. The van der Waals surface area contributed by atoms with Crippen molar-refractivity contribution in [3.05, 3.63) is 34.4 Å². The quantitative estimate of drug-likeness (QED) is 0.878. The second-order valence-electron chi connectivity index (χ2n) is 5.20. The lowest BCUT2D eigenvalue weighted by molar-refractivity contribution is 0.122. The number of pyridine rings is 1. The van der Waals surface area contributed by atoms with Crippen LogP contribution in [0.1, 0.15) is 22.9 Å². The number of anilines is 2. The van der Waals surface area contributed by atoms with E-state index in [-0.39, 0.29) is 0 Å². The van der Waals surface area contributed by atoms with Gasteiger partial charge in [0.2, 0.25) is 0 Å². The van der Waals surface area contributed by atoms with Crippen molar-refractivity contribution in [1.29, 1.82) is 0 Å². The van der Waals surface area contributed by atoms with E-state index in [1.54, 1.807) is 13.1 Å². The molecule has 118 valence electrons. The van der Waals surface area contributed by atoms with Crippen molar-refractivity contribution in [2.75, 3.05) is 36.5 Å². The predicted octanol–water partition coefficient (Wildman–Crippen LogP) is 2.04. The van der Waals surface area contributed by atoms with Gasteiger partial charge in [-0.1, -0.05) is 0 Å². The minimum Gasteiger partial charge on any atom is -0.386 e. The minimum absolute atomic E-state index is 0.510. The highest BCUT2D eigenvalue weighted by atomic mass is 32.1. The fourth-order valence-corrected chi connectivity index (χ4v) is 3.07. The van der Waals surface area contributed by atoms with Crippen LogP contribution in [-0.4, -0.2) is 41.4 Å². The minimum atomic E-state index is -0.510. The van der Waals surface area contributed by atoms with Crippen LogP contribution in [0.5, 0.6) is 0 Å². The summed E-state index contributed by atoms with van der Waals surface area (Å²) in [6, 6.07) is 4.07. The lowest BCUT2D eigenvalue weighted by atomic mass is 10.3. The predicted molar refractivity (Wildman–Crippen MR) is 87.3 cm³/mol. The van der Waals surface area contributed by atoms with E-state index in [0.29, 0.717) is 6.54 Å². The smallest absolute Gasteiger partial charge is 0.126 e. The van der Waals surface area contributed by atoms with Crippen LogP contribution in [0.3, 0.4) is 0 Å². The third-order valence-electron chi connectivity index (χ3n) is 3.50. The van der Waals surface area contributed by atoms with E-state index in [9.17, 15) is 5.11 Å². The summed E-state index contributed by atoms with van der Waals surface area (Å²) in [4.78, 5) is 12.0. The average Bonchev–Trinajstić information content (AvgIpc) is 3.04. The molecule has 0 spiro atoms. The molecule has 6 nitrogen and oxygen atoms in total. The maximum atomic E-state index is 9.48. The molecule has 1 unspecified atom stereocenters. The fraction of sp³-hybridized carbons (Fsp3) is 0.467. The number of hydrogen-bond acceptors (Lipinski definition) is 7. The first-order valence-corrected chi connectivity index (χ1v) is 8.19. The van der Waals surface area contributed by atoms with Crippen LogP contribution < -0.4 is 10.2 Å². The summed E-state index contributed by atoms with van der Waals surface area (Å²) >= 11 is 1.51. The Bertz CT molecular complexity index is 594. The summed E-state index contributed by atoms with van der Waals surface area (Å²) in [5.74, 6) is 0.837. The first-order valence-electron chi connectivity index (χ1n) is 7.37. The number of aromatic nitrogens is 2. The van der Waals surface area contributed by atoms with E-state index in [1.165, 1.54) is 11.3 Å². The maximum Gasteiger partial charge on any atom is 0.126 e. The molecule has 22 heavy (non-hydrogen) atoms. The molecule has 1 aliphatic rings. The van der Waals surface area contributed by atoms with Crippen molar-refractivity contribution in [3.63, 3.8) is 0 Å². The molecule has 2 N–H and O–H groups in total. The first kappa shape index (κ1) is 15.2. The highest BCUT2D eigenvalue weighted by Crippen LogP contribution is 2.21. The number of nitrogens with one attached hydrogen (secondary N) is 1. The van der Waals surface area contributed by atoms with Gasteiger partial charge in [0.15, 0.2) is 0 Å². The molecule has 7 heteroatoms. The van der Waals surface area contributed by atoms with Gasteiger partial charge in [-0.25, -0.2) is 9.97 Å². The van der Waals surface area contributed by atoms with Crippen LogP contribution in [0, 0.1) is 0 Å². The zero-order chi connectivity index (χ0) is 15.4. The number of hydrogen-bond donors (Lipinski definition) is 2. The van der Waals surface area contributed by atoms with Crippen LogP contribution >= 0.6 is 11.3 Å². The first-order chi connectivity index (χ1) is 10.7. The molecular formula is C15H20N4O2S. The normalized spacial score (nSPS) is 16.5. The van der Waals surface area contributed by atoms with Gasteiger partial charge in [0.1, 0.15) is 16.9 Å². The van der Waals surface area contributed by atoms with Gasteiger partial charge in [-0.05, 0) is 19.1 Å². The van der Waals surface area contributed by atoms with Gasteiger partial charge in [-0.3, -0.25) is 0 Å². The van der Waals surface area contributed by atoms with Crippen molar-refractivity contribution >= 4 is 22.8 Å². The van der Waals surface area contributed by atoms with E-state index in [4.69, 9.17) is 4.74 Å². The fourth-order valence-electron chi connectivity index (χ4n) is 2.27. The summed E-state index contributed by atoms with van der Waals surface area (Å²) in [6.45, 7) is 5.76. The molecule has 2 aromatic rings. The Morgan fingerprint density at radius 2 is 2.14 bits per heavy atom. The summed E-state index contributed by atoms with van der Waals surface area (Å²) < 4.78 is 5.35.